The van der Waals surface area contributed by atoms with Crippen molar-refractivity contribution in [2.75, 3.05) is 0 Å². The van der Waals surface area contributed by atoms with Gasteiger partial charge in [0, 0.05) is 23.0 Å². The van der Waals surface area contributed by atoms with Crippen LogP contribution in [0, 0.1) is 0 Å². The fraction of sp³-hybridized carbons (Fsp3) is 0.200. The van der Waals surface area contributed by atoms with Gasteiger partial charge in [0.05, 0.1) is 0 Å². The number of nitrogens with zero attached hydrogens (tertiary/aromatic N) is 3. The number of benzene rings is 1. The monoisotopic (exact) mass is 298 g/mol. The first-order valence-corrected chi connectivity index (χ1v) is 6.32. The highest BCUT2D eigenvalue weighted by atomic mass is 79.9. The Hall–Kier alpha value is -0.850. The van der Waals surface area contributed by atoms with Crippen LogP contribution >= 0.6 is 27.7 Å². The number of hydrogen-bond donors (Lipinski definition) is 1. The lowest BCUT2D eigenvalue weighted by atomic mass is 10.2. The van der Waals surface area contributed by atoms with E-state index in [9.17, 15) is 0 Å². The second-order valence-electron chi connectivity index (χ2n) is 3.19. The fourth-order valence-electron chi connectivity index (χ4n) is 1.31. The summed E-state index contributed by atoms with van der Waals surface area (Å²) in [7, 11) is 1.87. The molecule has 2 aromatic rings. The molecule has 4 nitrogen and oxygen atoms in total. The molecule has 0 fully saturated rings. The predicted molar refractivity (Wildman–Crippen MR) is 67.2 cm³/mol. The van der Waals surface area contributed by atoms with Gasteiger partial charge in [-0.2, -0.15) is 5.10 Å². The first kappa shape index (κ1) is 11.6. The van der Waals surface area contributed by atoms with Gasteiger partial charge in [0.25, 0.3) is 0 Å². The molecule has 6 heteroatoms. The van der Waals surface area contributed by atoms with E-state index in [0.29, 0.717) is 6.54 Å². The van der Waals surface area contributed by atoms with Gasteiger partial charge in [-0.15, -0.1) is 0 Å². The van der Waals surface area contributed by atoms with E-state index >= 15 is 0 Å². The minimum Gasteiger partial charge on any atom is -0.326 e. The Morgan fingerprint density at radius 2 is 2.31 bits per heavy atom. The van der Waals surface area contributed by atoms with E-state index in [4.69, 9.17) is 5.73 Å². The zero-order valence-corrected chi connectivity index (χ0v) is 11.1. The lowest BCUT2D eigenvalue weighted by Gasteiger charge is -2.08. The maximum absolute atomic E-state index is 5.73. The molecule has 1 aromatic heterocycles. The van der Waals surface area contributed by atoms with Crippen molar-refractivity contribution in [1.82, 2.24) is 14.8 Å². The van der Waals surface area contributed by atoms with Gasteiger partial charge in [-0.05, 0) is 29.5 Å². The van der Waals surface area contributed by atoms with Crippen LogP contribution in [0.15, 0.2) is 39.1 Å². The molecule has 16 heavy (non-hydrogen) atoms. The van der Waals surface area contributed by atoms with Crippen molar-refractivity contribution < 1.29 is 0 Å². The Morgan fingerprint density at radius 1 is 1.50 bits per heavy atom. The smallest absolute Gasteiger partial charge is 0.190 e. The maximum Gasteiger partial charge on any atom is 0.190 e. The molecule has 84 valence electrons. The Labute approximate surface area is 106 Å². The molecular weight excluding hydrogens is 288 g/mol. The van der Waals surface area contributed by atoms with E-state index in [-0.39, 0.29) is 0 Å². The van der Waals surface area contributed by atoms with Crippen molar-refractivity contribution in [2.45, 2.75) is 16.6 Å². The Kier molecular flexibility index (Phi) is 3.63. The van der Waals surface area contributed by atoms with Crippen molar-refractivity contribution >= 4 is 27.7 Å². The molecule has 1 heterocycles. The molecule has 2 rings (SSSR count). The molecule has 0 atom stereocenters. The number of hydrogen-bond acceptors (Lipinski definition) is 4. The number of rotatable bonds is 3. The summed E-state index contributed by atoms with van der Waals surface area (Å²) in [4.78, 5) is 5.28. The maximum atomic E-state index is 5.73. The summed E-state index contributed by atoms with van der Waals surface area (Å²) < 4.78 is 2.77. The zero-order chi connectivity index (χ0) is 11.5. The Morgan fingerprint density at radius 3 is 2.94 bits per heavy atom. The van der Waals surface area contributed by atoms with E-state index in [1.807, 2.05) is 25.2 Å². The number of aryl methyl sites for hydroxylation is 1. The average Bonchev–Trinajstić information content (AvgIpc) is 2.65. The van der Waals surface area contributed by atoms with Crippen LogP contribution in [0.3, 0.4) is 0 Å². The molecule has 0 unspecified atom stereocenters. The van der Waals surface area contributed by atoms with Crippen LogP contribution in [0.4, 0.5) is 0 Å². The summed E-state index contributed by atoms with van der Waals surface area (Å²) in [5.41, 5.74) is 6.83. The summed E-state index contributed by atoms with van der Waals surface area (Å²) in [6.07, 6.45) is 1.54. The van der Waals surface area contributed by atoms with Crippen LogP contribution in [0.1, 0.15) is 5.56 Å². The molecule has 0 spiro atoms. The molecule has 0 saturated heterocycles. The van der Waals surface area contributed by atoms with Gasteiger partial charge in [0.2, 0.25) is 0 Å². The van der Waals surface area contributed by atoms with Crippen molar-refractivity contribution in [3.05, 3.63) is 34.6 Å². The second kappa shape index (κ2) is 4.99. The molecule has 2 N–H and O–H groups in total. The van der Waals surface area contributed by atoms with E-state index in [0.717, 1.165) is 20.1 Å². The van der Waals surface area contributed by atoms with Gasteiger partial charge in [-0.3, -0.25) is 0 Å². The van der Waals surface area contributed by atoms with Gasteiger partial charge >= 0.3 is 0 Å². The third-order valence-electron chi connectivity index (χ3n) is 2.15. The van der Waals surface area contributed by atoms with Crippen molar-refractivity contribution in [3.63, 3.8) is 0 Å². The summed E-state index contributed by atoms with van der Waals surface area (Å²) in [6.45, 7) is 0.502. The number of aromatic nitrogens is 3. The minimum atomic E-state index is 0.502. The third kappa shape index (κ3) is 2.28. The van der Waals surface area contributed by atoms with Gasteiger partial charge < -0.3 is 5.73 Å². The van der Waals surface area contributed by atoms with Crippen LogP contribution < -0.4 is 5.73 Å². The molecule has 0 aliphatic heterocycles. The summed E-state index contributed by atoms with van der Waals surface area (Å²) >= 11 is 5.06. The lowest BCUT2D eigenvalue weighted by Crippen LogP contribution is -2.00. The van der Waals surface area contributed by atoms with Gasteiger partial charge in [-0.25, -0.2) is 9.67 Å². The SMILES string of the molecule is Cn1ncnc1Sc1cccc(Br)c1CN. The van der Waals surface area contributed by atoms with Crippen LogP contribution in [-0.2, 0) is 13.6 Å². The molecular formula is C10H11BrN4S. The highest BCUT2D eigenvalue weighted by molar-refractivity contribution is 9.10. The first-order chi connectivity index (χ1) is 7.72. The van der Waals surface area contributed by atoms with E-state index in [1.165, 1.54) is 0 Å². The fourth-order valence-corrected chi connectivity index (χ4v) is 2.91. The second-order valence-corrected chi connectivity index (χ2v) is 5.05. The highest BCUT2D eigenvalue weighted by Crippen LogP contribution is 2.32. The molecule has 0 aliphatic carbocycles. The highest BCUT2D eigenvalue weighted by Gasteiger charge is 2.09. The summed E-state index contributed by atoms with van der Waals surface area (Å²) in [5.74, 6) is 0. The third-order valence-corrected chi connectivity index (χ3v) is 4.05. The lowest BCUT2D eigenvalue weighted by molar-refractivity contribution is 0.685. The normalized spacial score (nSPS) is 10.7. The molecule has 0 bridgehead atoms. The summed E-state index contributed by atoms with van der Waals surface area (Å²) in [6, 6.07) is 6.01. The molecule has 0 radical (unpaired) electrons. The van der Waals surface area contributed by atoms with Gasteiger partial charge in [0.1, 0.15) is 6.33 Å². The number of halogens is 1. The van der Waals surface area contributed by atoms with Crippen molar-refractivity contribution in [1.29, 1.82) is 0 Å². The predicted octanol–water partition coefficient (Wildman–Crippen LogP) is 2.19. The van der Waals surface area contributed by atoms with Crippen LogP contribution in [0.25, 0.3) is 0 Å². The van der Waals surface area contributed by atoms with Crippen LogP contribution in [0.2, 0.25) is 0 Å². The summed E-state index contributed by atoms with van der Waals surface area (Å²) in [5, 5.41) is 4.89. The van der Waals surface area contributed by atoms with Crippen LogP contribution in [-0.4, -0.2) is 14.8 Å². The quantitative estimate of drug-likeness (QED) is 0.944. The average molecular weight is 299 g/mol. The largest absolute Gasteiger partial charge is 0.326 e. The van der Waals surface area contributed by atoms with E-state index < -0.39 is 0 Å². The van der Waals surface area contributed by atoms with Gasteiger partial charge in [-0.1, -0.05) is 22.0 Å². The molecule has 1 aromatic carbocycles. The van der Waals surface area contributed by atoms with E-state index in [2.05, 4.69) is 26.0 Å². The standard InChI is InChI=1S/C10H11BrN4S/c1-15-10(13-6-14-15)16-9-4-2-3-8(11)7(9)5-12/h2-4,6H,5,12H2,1H3. The van der Waals surface area contributed by atoms with Gasteiger partial charge in [0.15, 0.2) is 5.16 Å². The van der Waals surface area contributed by atoms with Crippen LogP contribution in [0.5, 0.6) is 0 Å². The Bertz CT molecular complexity index is 497. The molecule has 0 amide bonds. The topological polar surface area (TPSA) is 56.7 Å². The Balaban J connectivity index is 2.35. The first-order valence-electron chi connectivity index (χ1n) is 4.71. The van der Waals surface area contributed by atoms with E-state index in [1.54, 1.807) is 22.8 Å². The van der Waals surface area contributed by atoms with Crippen molar-refractivity contribution in [3.8, 4) is 0 Å². The zero-order valence-electron chi connectivity index (χ0n) is 8.72. The minimum absolute atomic E-state index is 0.502. The molecule has 0 aliphatic rings. The van der Waals surface area contributed by atoms with Crippen molar-refractivity contribution in [2.24, 2.45) is 12.8 Å². The molecule has 0 saturated carbocycles. The number of nitrogens with two attached hydrogens (primary N) is 1.